The van der Waals surface area contributed by atoms with E-state index in [9.17, 15) is 4.79 Å². The van der Waals surface area contributed by atoms with Crippen molar-refractivity contribution in [2.24, 2.45) is 5.92 Å². The number of nitrogens with one attached hydrogen (secondary N) is 2. The highest BCUT2D eigenvalue weighted by molar-refractivity contribution is 5.91. The Morgan fingerprint density at radius 2 is 2.04 bits per heavy atom. The smallest absolute Gasteiger partial charge is 0.224 e. The molecule has 1 heterocycles. The number of benzene rings is 2. The number of rotatable bonds is 7. The van der Waals surface area contributed by atoms with Gasteiger partial charge in [-0.1, -0.05) is 30.3 Å². The van der Waals surface area contributed by atoms with Gasteiger partial charge in [-0.05, 0) is 75.0 Å². The maximum Gasteiger partial charge on any atom is 0.224 e. The molecule has 0 aliphatic carbocycles. The van der Waals surface area contributed by atoms with Crippen molar-refractivity contribution < 1.29 is 9.53 Å². The van der Waals surface area contributed by atoms with Crippen molar-refractivity contribution in [2.45, 2.75) is 39.2 Å². The van der Waals surface area contributed by atoms with E-state index >= 15 is 0 Å². The van der Waals surface area contributed by atoms with Crippen LogP contribution in [0.3, 0.4) is 0 Å². The second-order valence-corrected chi connectivity index (χ2v) is 7.09. The molecule has 1 aliphatic heterocycles. The van der Waals surface area contributed by atoms with E-state index in [0.29, 0.717) is 12.3 Å². The second kappa shape index (κ2) is 10.3. The first-order chi connectivity index (χ1) is 12.6. The SMILES string of the molecule is Cc1cc(OC(C)c2ccccc2)ccc1NC(=O)CCC1CCNC1.Cl. The van der Waals surface area contributed by atoms with Gasteiger partial charge in [0.2, 0.25) is 5.91 Å². The van der Waals surface area contributed by atoms with E-state index in [1.54, 1.807) is 0 Å². The van der Waals surface area contributed by atoms with Crippen LogP contribution in [0, 0.1) is 12.8 Å². The van der Waals surface area contributed by atoms with Gasteiger partial charge in [-0.15, -0.1) is 12.4 Å². The van der Waals surface area contributed by atoms with Crippen molar-refractivity contribution in [1.82, 2.24) is 5.32 Å². The molecule has 1 amide bonds. The topological polar surface area (TPSA) is 50.4 Å². The summed E-state index contributed by atoms with van der Waals surface area (Å²) >= 11 is 0. The summed E-state index contributed by atoms with van der Waals surface area (Å²) in [6.07, 6.45) is 2.69. The molecule has 1 aliphatic rings. The summed E-state index contributed by atoms with van der Waals surface area (Å²) in [6.45, 7) is 6.15. The van der Waals surface area contributed by atoms with E-state index in [1.165, 1.54) is 6.42 Å². The monoisotopic (exact) mass is 388 g/mol. The maximum atomic E-state index is 12.2. The fourth-order valence-electron chi connectivity index (χ4n) is 3.35. The van der Waals surface area contributed by atoms with E-state index in [-0.39, 0.29) is 24.4 Å². The largest absolute Gasteiger partial charge is 0.486 e. The van der Waals surface area contributed by atoms with Gasteiger partial charge in [0.05, 0.1) is 0 Å². The van der Waals surface area contributed by atoms with E-state index in [2.05, 4.69) is 22.8 Å². The Kier molecular flexibility index (Phi) is 8.14. The molecule has 1 fully saturated rings. The van der Waals surface area contributed by atoms with Crippen molar-refractivity contribution in [3.05, 3.63) is 59.7 Å². The summed E-state index contributed by atoms with van der Waals surface area (Å²) in [6, 6.07) is 16.0. The van der Waals surface area contributed by atoms with E-state index < -0.39 is 0 Å². The minimum atomic E-state index is -0.0175. The van der Waals surface area contributed by atoms with Crippen LogP contribution in [-0.2, 0) is 4.79 Å². The highest BCUT2D eigenvalue weighted by atomic mass is 35.5. The molecule has 2 N–H and O–H groups in total. The minimum Gasteiger partial charge on any atom is -0.486 e. The highest BCUT2D eigenvalue weighted by Crippen LogP contribution is 2.26. The molecule has 2 aromatic rings. The Hall–Kier alpha value is -2.04. The number of carbonyl (C=O) groups is 1. The standard InChI is InChI=1S/C22H28N2O2.ClH/c1-16-14-20(26-17(2)19-6-4-3-5-7-19)9-10-21(16)24-22(25)11-8-18-12-13-23-15-18;/h3-7,9-10,14,17-18,23H,8,11-13,15H2,1-2H3,(H,24,25);1H. The molecule has 27 heavy (non-hydrogen) atoms. The summed E-state index contributed by atoms with van der Waals surface area (Å²) in [5, 5.41) is 6.37. The predicted molar refractivity (Wildman–Crippen MR) is 113 cm³/mol. The third-order valence-corrected chi connectivity index (χ3v) is 5.00. The summed E-state index contributed by atoms with van der Waals surface area (Å²) < 4.78 is 6.04. The predicted octanol–water partition coefficient (Wildman–Crippen LogP) is 4.89. The maximum absolute atomic E-state index is 12.2. The fourth-order valence-corrected chi connectivity index (χ4v) is 3.35. The zero-order valence-electron chi connectivity index (χ0n) is 16.0. The first-order valence-electron chi connectivity index (χ1n) is 9.44. The molecule has 1 saturated heterocycles. The Labute approximate surface area is 168 Å². The number of aryl methyl sites for hydroxylation is 1. The van der Waals surface area contributed by atoms with E-state index in [4.69, 9.17) is 4.74 Å². The van der Waals surface area contributed by atoms with Crippen LogP contribution in [-0.4, -0.2) is 19.0 Å². The van der Waals surface area contributed by atoms with Gasteiger partial charge >= 0.3 is 0 Å². The van der Waals surface area contributed by atoms with Crippen LogP contribution in [0.4, 0.5) is 5.69 Å². The summed E-state index contributed by atoms with van der Waals surface area (Å²) in [7, 11) is 0. The molecule has 2 unspecified atom stereocenters. The molecule has 0 saturated carbocycles. The van der Waals surface area contributed by atoms with Crippen LogP contribution in [0.1, 0.15) is 43.4 Å². The zero-order valence-corrected chi connectivity index (χ0v) is 16.9. The van der Waals surface area contributed by atoms with E-state index in [0.717, 1.165) is 42.1 Å². The number of amides is 1. The third kappa shape index (κ3) is 6.26. The van der Waals surface area contributed by atoms with Crippen LogP contribution >= 0.6 is 12.4 Å². The van der Waals surface area contributed by atoms with Crippen molar-refractivity contribution in [3.63, 3.8) is 0 Å². The van der Waals surface area contributed by atoms with Crippen molar-refractivity contribution in [3.8, 4) is 5.75 Å². The van der Waals surface area contributed by atoms with Crippen LogP contribution < -0.4 is 15.4 Å². The zero-order chi connectivity index (χ0) is 18.4. The Bertz CT molecular complexity index is 730. The second-order valence-electron chi connectivity index (χ2n) is 7.09. The number of hydrogen-bond acceptors (Lipinski definition) is 3. The van der Waals surface area contributed by atoms with Crippen LogP contribution in [0.5, 0.6) is 5.75 Å². The Balaban J connectivity index is 0.00000261. The Morgan fingerprint density at radius 1 is 1.26 bits per heavy atom. The molecule has 2 aromatic carbocycles. The van der Waals surface area contributed by atoms with Crippen molar-refractivity contribution >= 4 is 24.0 Å². The van der Waals surface area contributed by atoms with E-state index in [1.807, 2.05) is 50.2 Å². The van der Waals surface area contributed by atoms with Crippen molar-refractivity contribution in [1.29, 1.82) is 0 Å². The number of hydrogen-bond donors (Lipinski definition) is 2. The van der Waals surface area contributed by atoms with Gasteiger partial charge in [0.15, 0.2) is 0 Å². The summed E-state index contributed by atoms with van der Waals surface area (Å²) in [5.74, 6) is 1.54. The van der Waals surface area contributed by atoms with Gasteiger partial charge in [-0.3, -0.25) is 4.79 Å². The molecule has 4 nitrogen and oxygen atoms in total. The van der Waals surface area contributed by atoms with Crippen LogP contribution in [0.2, 0.25) is 0 Å². The highest BCUT2D eigenvalue weighted by Gasteiger charge is 2.16. The third-order valence-electron chi connectivity index (χ3n) is 5.00. The van der Waals surface area contributed by atoms with Crippen LogP contribution in [0.25, 0.3) is 0 Å². The number of anilines is 1. The molecule has 0 aromatic heterocycles. The average molecular weight is 389 g/mol. The minimum absolute atomic E-state index is 0. The van der Waals surface area contributed by atoms with Crippen LogP contribution in [0.15, 0.2) is 48.5 Å². The molecule has 0 bridgehead atoms. The fraction of sp³-hybridized carbons (Fsp3) is 0.409. The molecule has 0 radical (unpaired) electrons. The molecule has 146 valence electrons. The lowest BCUT2D eigenvalue weighted by Gasteiger charge is -2.17. The number of ether oxygens (including phenoxy) is 1. The van der Waals surface area contributed by atoms with Gasteiger partial charge in [-0.2, -0.15) is 0 Å². The Morgan fingerprint density at radius 3 is 2.70 bits per heavy atom. The lowest BCUT2D eigenvalue weighted by Crippen LogP contribution is -2.15. The molecule has 2 atom stereocenters. The van der Waals surface area contributed by atoms with Gasteiger partial charge in [0.1, 0.15) is 11.9 Å². The molecule has 5 heteroatoms. The lowest BCUT2D eigenvalue weighted by molar-refractivity contribution is -0.116. The van der Waals surface area contributed by atoms with Gasteiger partial charge < -0.3 is 15.4 Å². The first-order valence-corrected chi connectivity index (χ1v) is 9.44. The quantitative estimate of drug-likeness (QED) is 0.710. The normalized spacial score (nSPS) is 17.0. The van der Waals surface area contributed by atoms with Gasteiger partial charge in [0.25, 0.3) is 0 Å². The van der Waals surface area contributed by atoms with Gasteiger partial charge in [0, 0.05) is 12.1 Å². The average Bonchev–Trinajstić information content (AvgIpc) is 3.16. The number of halogens is 1. The number of carbonyl (C=O) groups excluding carboxylic acids is 1. The molecular weight excluding hydrogens is 360 g/mol. The molecule has 3 rings (SSSR count). The van der Waals surface area contributed by atoms with Crippen molar-refractivity contribution in [2.75, 3.05) is 18.4 Å². The molecule has 0 spiro atoms. The summed E-state index contributed by atoms with van der Waals surface area (Å²) in [5.41, 5.74) is 3.02. The molecular formula is C22H29ClN2O2. The lowest BCUT2D eigenvalue weighted by atomic mass is 10.0. The van der Waals surface area contributed by atoms with Gasteiger partial charge in [-0.25, -0.2) is 0 Å². The first kappa shape index (κ1) is 21.3. The summed E-state index contributed by atoms with van der Waals surface area (Å²) in [4.78, 5) is 12.2.